The Balaban J connectivity index is 1.69. The maximum Gasteiger partial charge on any atom is 0.344 e. The lowest BCUT2D eigenvalue weighted by Gasteiger charge is -2.32. The van der Waals surface area contributed by atoms with E-state index in [4.69, 9.17) is 9.15 Å². The summed E-state index contributed by atoms with van der Waals surface area (Å²) in [6.45, 7) is 2.89. The minimum atomic E-state index is -0.343. The fourth-order valence-electron chi connectivity index (χ4n) is 3.76. The van der Waals surface area contributed by atoms with Crippen molar-refractivity contribution < 1.29 is 13.5 Å². The van der Waals surface area contributed by atoms with Crippen LogP contribution in [0.1, 0.15) is 11.1 Å². The second-order valence-corrected chi connectivity index (χ2v) is 6.75. The van der Waals surface area contributed by atoms with Crippen LogP contribution in [0.4, 0.5) is 10.1 Å². The molecule has 134 valence electrons. The molecule has 0 bridgehead atoms. The molecule has 0 aliphatic carbocycles. The molecule has 0 radical (unpaired) electrons. The molecular formula is C22H16FNO3. The van der Waals surface area contributed by atoms with Crippen molar-refractivity contribution in [2.75, 3.05) is 11.6 Å². The Kier molecular flexibility index (Phi) is 3.44. The first-order valence-corrected chi connectivity index (χ1v) is 8.73. The van der Waals surface area contributed by atoms with Crippen LogP contribution in [-0.2, 0) is 6.54 Å². The van der Waals surface area contributed by atoms with Crippen LogP contribution < -0.4 is 15.3 Å². The van der Waals surface area contributed by atoms with Gasteiger partial charge in [-0.05, 0) is 48.7 Å². The number of nitrogens with zero attached hydrogens (tertiary/aromatic N) is 1. The highest BCUT2D eigenvalue weighted by Crippen LogP contribution is 2.37. The molecule has 0 saturated carbocycles. The highest BCUT2D eigenvalue weighted by atomic mass is 19.1. The Hall–Kier alpha value is -3.34. The quantitative estimate of drug-likeness (QED) is 0.362. The normalized spacial score (nSPS) is 13.6. The van der Waals surface area contributed by atoms with Gasteiger partial charge in [-0.1, -0.05) is 18.2 Å². The zero-order valence-corrected chi connectivity index (χ0v) is 14.7. The summed E-state index contributed by atoms with van der Waals surface area (Å²) in [6.07, 6.45) is 0. The Labute approximate surface area is 154 Å². The van der Waals surface area contributed by atoms with E-state index in [0.29, 0.717) is 24.2 Å². The van der Waals surface area contributed by atoms with Crippen molar-refractivity contribution in [2.45, 2.75) is 13.5 Å². The van der Waals surface area contributed by atoms with Crippen molar-refractivity contribution in [3.05, 3.63) is 82.0 Å². The average molecular weight is 361 g/mol. The molecule has 1 aliphatic rings. The number of benzene rings is 3. The standard InChI is InChI=1S/C22H16FNO3/c1-13-20-14(11-24(12-26-20)16-8-6-15(23)7-9-16)10-19-17-4-2-3-5-18(17)22(25)27-21(13)19/h2-10H,11-12H2,1H3. The minimum absolute atomic E-state index is 0.264. The Bertz CT molecular complexity index is 1240. The van der Waals surface area contributed by atoms with E-state index in [1.807, 2.05) is 36.1 Å². The topological polar surface area (TPSA) is 42.7 Å². The fraction of sp³-hybridized carbons (Fsp3) is 0.136. The van der Waals surface area contributed by atoms with E-state index in [1.165, 1.54) is 12.1 Å². The van der Waals surface area contributed by atoms with Gasteiger partial charge in [0.1, 0.15) is 17.1 Å². The first-order valence-electron chi connectivity index (χ1n) is 8.73. The minimum Gasteiger partial charge on any atom is -0.472 e. The molecule has 1 aliphatic heterocycles. The fourth-order valence-corrected chi connectivity index (χ4v) is 3.76. The maximum atomic E-state index is 13.2. The molecule has 0 spiro atoms. The van der Waals surface area contributed by atoms with Crippen LogP contribution in [0.2, 0.25) is 0 Å². The number of ether oxygens (including phenoxy) is 1. The summed E-state index contributed by atoms with van der Waals surface area (Å²) in [7, 11) is 0. The third-order valence-electron chi connectivity index (χ3n) is 5.09. The van der Waals surface area contributed by atoms with Gasteiger partial charge in [0.05, 0.1) is 5.39 Å². The molecule has 0 fully saturated rings. The predicted molar refractivity (Wildman–Crippen MR) is 103 cm³/mol. The highest BCUT2D eigenvalue weighted by Gasteiger charge is 2.23. The Morgan fingerprint density at radius 2 is 1.74 bits per heavy atom. The number of aryl methyl sites for hydroxylation is 1. The molecule has 4 aromatic rings. The van der Waals surface area contributed by atoms with Gasteiger partial charge in [-0.25, -0.2) is 9.18 Å². The zero-order chi connectivity index (χ0) is 18.5. The van der Waals surface area contributed by atoms with Crippen LogP contribution in [0.5, 0.6) is 5.75 Å². The summed E-state index contributed by atoms with van der Waals surface area (Å²) in [5.74, 6) is 0.486. The van der Waals surface area contributed by atoms with Gasteiger partial charge in [0.2, 0.25) is 0 Å². The second-order valence-electron chi connectivity index (χ2n) is 6.75. The number of halogens is 1. The molecule has 0 atom stereocenters. The zero-order valence-electron chi connectivity index (χ0n) is 14.7. The van der Waals surface area contributed by atoms with Crippen molar-refractivity contribution in [3.63, 3.8) is 0 Å². The van der Waals surface area contributed by atoms with Crippen LogP contribution in [0.15, 0.2) is 63.8 Å². The molecule has 3 aromatic carbocycles. The first-order chi connectivity index (χ1) is 13.1. The van der Waals surface area contributed by atoms with Gasteiger partial charge in [-0.3, -0.25) is 0 Å². The van der Waals surface area contributed by atoms with Gasteiger partial charge in [0, 0.05) is 28.7 Å². The van der Waals surface area contributed by atoms with Gasteiger partial charge >= 0.3 is 5.63 Å². The monoisotopic (exact) mass is 361 g/mol. The van der Waals surface area contributed by atoms with Crippen LogP contribution in [0.3, 0.4) is 0 Å². The lowest BCUT2D eigenvalue weighted by Crippen LogP contribution is -2.32. The van der Waals surface area contributed by atoms with E-state index in [1.54, 1.807) is 18.2 Å². The molecule has 0 amide bonds. The van der Waals surface area contributed by atoms with Crippen molar-refractivity contribution in [1.82, 2.24) is 0 Å². The highest BCUT2D eigenvalue weighted by molar-refractivity contribution is 6.06. The van der Waals surface area contributed by atoms with Gasteiger partial charge in [-0.2, -0.15) is 0 Å². The summed E-state index contributed by atoms with van der Waals surface area (Å²) in [6, 6.07) is 15.8. The SMILES string of the molecule is Cc1c2c(cc3c1oc(=O)c1ccccc13)CN(c1ccc(F)cc1)CO2. The summed E-state index contributed by atoms with van der Waals surface area (Å²) >= 11 is 0. The molecule has 2 heterocycles. The van der Waals surface area contributed by atoms with Crippen LogP contribution in [0, 0.1) is 12.7 Å². The van der Waals surface area contributed by atoms with Crippen molar-refractivity contribution in [1.29, 1.82) is 0 Å². The third-order valence-corrected chi connectivity index (χ3v) is 5.09. The molecule has 27 heavy (non-hydrogen) atoms. The van der Waals surface area contributed by atoms with Crippen molar-refractivity contribution in [3.8, 4) is 5.75 Å². The van der Waals surface area contributed by atoms with Gasteiger partial charge in [0.25, 0.3) is 0 Å². The number of fused-ring (bicyclic) bond motifs is 4. The summed E-state index contributed by atoms with van der Waals surface area (Å²) < 4.78 is 24.8. The van der Waals surface area contributed by atoms with E-state index in [9.17, 15) is 9.18 Å². The molecule has 0 N–H and O–H groups in total. The van der Waals surface area contributed by atoms with Gasteiger partial charge in [-0.15, -0.1) is 0 Å². The number of hydrogen-bond donors (Lipinski definition) is 0. The molecule has 4 nitrogen and oxygen atoms in total. The van der Waals surface area contributed by atoms with Gasteiger partial charge < -0.3 is 14.1 Å². The predicted octanol–water partition coefficient (Wildman–Crippen LogP) is 4.75. The van der Waals surface area contributed by atoms with Crippen molar-refractivity contribution in [2.24, 2.45) is 0 Å². The lowest BCUT2D eigenvalue weighted by atomic mass is 10.00. The number of hydrogen-bond acceptors (Lipinski definition) is 4. The number of anilines is 1. The van der Waals surface area contributed by atoms with E-state index < -0.39 is 0 Å². The maximum absolute atomic E-state index is 13.2. The van der Waals surface area contributed by atoms with Crippen LogP contribution in [0.25, 0.3) is 21.7 Å². The Morgan fingerprint density at radius 1 is 1.00 bits per heavy atom. The molecule has 5 heteroatoms. The van der Waals surface area contributed by atoms with E-state index >= 15 is 0 Å². The number of rotatable bonds is 1. The van der Waals surface area contributed by atoms with Gasteiger partial charge in [0.15, 0.2) is 6.73 Å². The summed E-state index contributed by atoms with van der Waals surface area (Å²) in [5.41, 5.74) is 2.94. The molecule has 1 aromatic heterocycles. The second kappa shape index (κ2) is 5.84. The average Bonchev–Trinajstić information content (AvgIpc) is 2.70. The molecular weight excluding hydrogens is 345 g/mol. The lowest BCUT2D eigenvalue weighted by molar-refractivity contribution is 0.287. The smallest absolute Gasteiger partial charge is 0.344 e. The third kappa shape index (κ3) is 2.46. The largest absolute Gasteiger partial charge is 0.472 e. The van der Waals surface area contributed by atoms with E-state index in [2.05, 4.69) is 0 Å². The Morgan fingerprint density at radius 3 is 2.52 bits per heavy atom. The van der Waals surface area contributed by atoms with E-state index in [-0.39, 0.29) is 11.4 Å². The van der Waals surface area contributed by atoms with Crippen LogP contribution >= 0.6 is 0 Å². The molecule has 5 rings (SSSR count). The molecule has 0 unspecified atom stereocenters. The summed E-state index contributed by atoms with van der Waals surface area (Å²) in [5, 5.41) is 2.33. The van der Waals surface area contributed by atoms with Crippen molar-refractivity contribution >= 4 is 27.4 Å². The molecule has 0 saturated heterocycles. The van der Waals surface area contributed by atoms with E-state index in [0.717, 1.165) is 33.3 Å². The first kappa shape index (κ1) is 15.9. The van der Waals surface area contributed by atoms with Crippen LogP contribution in [-0.4, -0.2) is 6.73 Å². The summed E-state index contributed by atoms with van der Waals surface area (Å²) in [4.78, 5) is 14.4.